The maximum Gasteiger partial charge on any atom is 0.410 e. The predicted octanol–water partition coefficient (Wildman–Crippen LogP) is 2.68. The van der Waals surface area contributed by atoms with E-state index in [1.54, 1.807) is 64.1 Å². The van der Waals surface area contributed by atoms with Crippen LogP contribution in [0.5, 0.6) is 5.75 Å². The Hall–Kier alpha value is -8.83. The van der Waals surface area contributed by atoms with Gasteiger partial charge in [0.1, 0.15) is 55.7 Å². The molecule has 448 valence electrons. The summed E-state index contributed by atoms with van der Waals surface area (Å²) in [6, 6.07) is 16.6. The molecule has 0 bridgehead atoms. The number of phenols is 1. The lowest BCUT2D eigenvalue weighted by Gasteiger charge is -2.32. The van der Waals surface area contributed by atoms with Crippen LogP contribution in [0.15, 0.2) is 102 Å². The van der Waals surface area contributed by atoms with E-state index in [-0.39, 0.29) is 75.9 Å². The van der Waals surface area contributed by atoms with Gasteiger partial charge in [0.15, 0.2) is 11.7 Å². The molecule has 83 heavy (non-hydrogen) atoms. The number of phenolic OH excluding ortho intramolecular Hbond substituents is 1. The van der Waals surface area contributed by atoms with Gasteiger partial charge in [-0.25, -0.2) is 9.78 Å². The molecule has 1 aromatic heterocycles. The van der Waals surface area contributed by atoms with E-state index < -0.39 is 108 Å². The summed E-state index contributed by atoms with van der Waals surface area (Å²) in [5.41, 5.74) is 13.6. The fourth-order valence-electron chi connectivity index (χ4n) is 9.24. The molecule has 4 aromatic rings. The average Bonchev–Trinajstić information content (AvgIpc) is 4.41. The molecule has 2 heterocycles. The molecule has 1 unspecified atom stereocenters. The third kappa shape index (κ3) is 20.9. The van der Waals surface area contributed by atoms with E-state index in [9.17, 15) is 48.3 Å². The van der Waals surface area contributed by atoms with E-state index in [4.69, 9.17) is 20.9 Å². The number of ether oxygens (including phenoxy) is 2. The van der Waals surface area contributed by atoms with Crippen molar-refractivity contribution in [3.63, 3.8) is 0 Å². The largest absolute Gasteiger partial charge is 0.508 e. The van der Waals surface area contributed by atoms with Crippen molar-refractivity contribution >= 4 is 59.2 Å². The van der Waals surface area contributed by atoms with Crippen LogP contribution in [0.25, 0.3) is 0 Å². The molecular weight excluding hydrogens is 1070 g/mol. The van der Waals surface area contributed by atoms with Crippen LogP contribution in [0, 0.1) is 17.8 Å². The van der Waals surface area contributed by atoms with Gasteiger partial charge in [0.2, 0.25) is 35.4 Å². The highest BCUT2D eigenvalue weighted by Gasteiger charge is 2.41. The molecule has 1 aliphatic rings. The fourth-order valence-corrected chi connectivity index (χ4v) is 9.24. The summed E-state index contributed by atoms with van der Waals surface area (Å²) >= 11 is 0. The first-order valence-electron chi connectivity index (χ1n) is 27.9. The highest BCUT2D eigenvalue weighted by Crippen LogP contribution is 2.24. The van der Waals surface area contributed by atoms with Gasteiger partial charge >= 0.3 is 12.1 Å². The van der Waals surface area contributed by atoms with Crippen LogP contribution in [-0.2, 0) is 73.9 Å². The van der Waals surface area contributed by atoms with Crippen LogP contribution in [0.2, 0.25) is 0 Å². The van der Waals surface area contributed by atoms with E-state index in [0.29, 0.717) is 30.5 Å². The van der Waals surface area contributed by atoms with Gasteiger partial charge in [0, 0.05) is 51.3 Å². The number of nitrogens with zero attached hydrogens (tertiary/aromatic N) is 4. The summed E-state index contributed by atoms with van der Waals surface area (Å²) in [5.74, 6) is -7.41. The molecule has 24 nitrogen and oxygen atoms in total. The molecule has 0 aliphatic carbocycles. The number of imidazole rings is 1. The molecule has 1 fully saturated rings. The van der Waals surface area contributed by atoms with Crippen molar-refractivity contribution in [2.75, 3.05) is 26.7 Å². The molecule has 0 saturated carbocycles. The second kappa shape index (κ2) is 32.6. The Morgan fingerprint density at radius 1 is 0.747 bits per heavy atom. The maximum atomic E-state index is 14.7. The first kappa shape index (κ1) is 65.0. The van der Waals surface area contributed by atoms with Gasteiger partial charge in [0.05, 0.1) is 18.3 Å². The summed E-state index contributed by atoms with van der Waals surface area (Å²) in [6.45, 7) is 8.30. The van der Waals surface area contributed by atoms with E-state index >= 15 is 0 Å². The van der Waals surface area contributed by atoms with Crippen molar-refractivity contribution in [3.05, 3.63) is 120 Å². The number of H-pyrrole nitrogens is 1. The normalized spacial score (nSPS) is 15.4. The van der Waals surface area contributed by atoms with Crippen molar-refractivity contribution in [3.8, 4) is 5.75 Å². The molecule has 24 heteroatoms. The van der Waals surface area contributed by atoms with Crippen LogP contribution in [0.1, 0.15) is 95.5 Å². The van der Waals surface area contributed by atoms with Gasteiger partial charge in [-0.05, 0) is 66.3 Å². The SMILES string of the molecule is CCC(C)[C@H](NC(=O)[C@H](Cc1ccc(O)cc1)NC(=O)[C@@H](NC(=O)[C@H](CCCN=C(N)N)NC(=O)CN(C)C(=O)OCc1ccccc1)C(C)C)C(=O)N[C@@H](Cc1cnc[nH]1)C(=O)N1CCC[C@H]1C(=O)C[C@H](C)C(=O)OCc1ccccc1. The molecule has 1 saturated heterocycles. The van der Waals surface area contributed by atoms with Crippen molar-refractivity contribution in [2.24, 2.45) is 34.2 Å². The van der Waals surface area contributed by atoms with E-state index in [1.807, 2.05) is 43.3 Å². The lowest BCUT2D eigenvalue weighted by atomic mass is 9.95. The zero-order valence-corrected chi connectivity index (χ0v) is 48.0. The summed E-state index contributed by atoms with van der Waals surface area (Å²) in [6.07, 6.45) is 3.18. The van der Waals surface area contributed by atoms with Crippen LogP contribution in [-0.4, -0.2) is 147 Å². The van der Waals surface area contributed by atoms with Gasteiger partial charge < -0.3 is 67.4 Å². The number of hydrogen-bond donors (Lipinski definition) is 9. The Labute approximate surface area is 483 Å². The summed E-state index contributed by atoms with van der Waals surface area (Å²) in [5, 5.41) is 23.9. The molecule has 11 N–H and O–H groups in total. The van der Waals surface area contributed by atoms with Crippen molar-refractivity contribution < 1.29 is 57.7 Å². The number of nitrogens with two attached hydrogens (primary N) is 2. The van der Waals surface area contributed by atoms with Crippen LogP contribution >= 0.6 is 0 Å². The number of likely N-dealkylation sites (N-methyl/N-ethyl adjacent to an activating group) is 1. The molecule has 1 aliphatic heterocycles. The van der Waals surface area contributed by atoms with Gasteiger partial charge in [-0.15, -0.1) is 0 Å². The van der Waals surface area contributed by atoms with Crippen molar-refractivity contribution in [1.29, 1.82) is 0 Å². The number of likely N-dealkylation sites (tertiary alicyclic amines) is 1. The quantitative estimate of drug-likeness (QED) is 0.0151. The number of carbonyl (C=O) groups is 9. The Bertz CT molecular complexity index is 2810. The van der Waals surface area contributed by atoms with E-state index in [0.717, 1.165) is 16.0 Å². The second-order valence-electron chi connectivity index (χ2n) is 21.2. The van der Waals surface area contributed by atoms with E-state index in [2.05, 4.69) is 41.5 Å². The number of amides is 7. The van der Waals surface area contributed by atoms with Gasteiger partial charge in [-0.2, -0.15) is 0 Å². The number of esters is 1. The Morgan fingerprint density at radius 2 is 1.35 bits per heavy atom. The Morgan fingerprint density at radius 3 is 1.95 bits per heavy atom. The zero-order valence-electron chi connectivity index (χ0n) is 48.0. The smallest absolute Gasteiger partial charge is 0.410 e. The monoisotopic (exact) mass is 1150 g/mol. The number of aliphatic imine (C=N–C) groups is 1. The number of hydrogen-bond acceptors (Lipinski definition) is 14. The maximum absolute atomic E-state index is 14.7. The summed E-state index contributed by atoms with van der Waals surface area (Å²) in [4.78, 5) is 139. The Kier molecular flexibility index (Phi) is 25.5. The molecule has 7 amide bonds. The molecule has 0 radical (unpaired) electrons. The number of aromatic amines is 1. The van der Waals surface area contributed by atoms with E-state index in [1.165, 1.54) is 36.6 Å². The lowest BCUT2D eigenvalue weighted by molar-refractivity contribution is -0.151. The number of Topliss-reactive ketones (excluding diaryl/α,β-unsaturated/α-hetero) is 1. The van der Waals surface area contributed by atoms with Crippen LogP contribution in [0.3, 0.4) is 0 Å². The zero-order chi connectivity index (χ0) is 60.6. The number of nitrogens with one attached hydrogen (secondary N) is 6. The number of carbonyl (C=O) groups excluding carboxylic acids is 9. The minimum atomic E-state index is -1.39. The van der Waals surface area contributed by atoms with Crippen molar-refractivity contribution in [2.45, 2.75) is 135 Å². The van der Waals surface area contributed by atoms with Gasteiger partial charge in [-0.3, -0.25) is 43.3 Å². The number of ketones is 1. The predicted molar refractivity (Wildman–Crippen MR) is 307 cm³/mol. The average molecular weight is 1150 g/mol. The standard InChI is InChI=1S/C59H80N12O12/c1-7-37(4)51(55(78)67-46(30-42-31-62-35-64-42)56(79)71-27-15-21-47(71)48(73)28-38(5)57(80)82-33-40-16-10-8-11-17-40)69-53(76)45(29-39-22-24-43(72)25-23-39)66-54(77)50(36(2)3)68-52(75)44(20-14-26-63-58(60)61)65-49(74)32-70(6)59(81)83-34-41-18-12-9-13-19-41/h8-13,16-19,22-25,31,35-38,44-47,50-51,72H,7,14-15,20-21,26-30,32-34H2,1-6H3,(H,62,64)(H,65,74)(H,66,77)(H,67,78)(H,68,75)(H,69,76)(H4,60,61,63)/t37?,38-,44-,45-,46-,47-,50-,51-/m0/s1. The summed E-state index contributed by atoms with van der Waals surface area (Å²) in [7, 11) is 1.36. The Balaban J connectivity index is 1.32. The molecular formula is C59H80N12O12. The van der Waals surface area contributed by atoms with Gasteiger partial charge in [-0.1, -0.05) is 114 Å². The minimum Gasteiger partial charge on any atom is -0.508 e. The first-order chi connectivity index (χ1) is 39.6. The van der Waals surface area contributed by atoms with Crippen LogP contribution in [0.4, 0.5) is 4.79 Å². The number of guanidine groups is 1. The highest BCUT2D eigenvalue weighted by molar-refractivity contribution is 5.98. The molecule has 3 aromatic carbocycles. The lowest BCUT2D eigenvalue weighted by Crippen LogP contribution is -2.61. The second-order valence-corrected chi connectivity index (χ2v) is 21.2. The number of aromatic nitrogens is 2. The molecule has 8 atom stereocenters. The highest BCUT2D eigenvalue weighted by atomic mass is 16.6. The molecule has 5 rings (SSSR count). The number of aromatic hydroxyl groups is 1. The van der Waals surface area contributed by atoms with Gasteiger partial charge in [0.25, 0.3) is 0 Å². The minimum absolute atomic E-state index is 0.00613. The topological polar surface area (TPSA) is 352 Å². The van der Waals surface area contributed by atoms with Crippen LogP contribution < -0.4 is 38.1 Å². The number of rotatable bonds is 31. The fraction of sp³-hybridized carbons (Fsp3) is 0.475. The first-order valence-corrected chi connectivity index (χ1v) is 27.9. The van der Waals surface area contributed by atoms with Crippen molar-refractivity contribution in [1.82, 2.24) is 46.4 Å². The summed E-state index contributed by atoms with van der Waals surface area (Å²) < 4.78 is 10.8. The number of benzene rings is 3. The molecule has 0 spiro atoms. The third-order valence-corrected chi connectivity index (χ3v) is 14.2. The third-order valence-electron chi connectivity index (χ3n) is 14.2.